The lowest BCUT2D eigenvalue weighted by Gasteiger charge is -2.08. The molecule has 0 radical (unpaired) electrons. The first kappa shape index (κ1) is 13.2. The van der Waals surface area contributed by atoms with Crippen LogP contribution in [0.1, 0.15) is 5.69 Å². The van der Waals surface area contributed by atoms with E-state index >= 15 is 0 Å². The van der Waals surface area contributed by atoms with Crippen LogP contribution >= 0.6 is 15.9 Å². The zero-order valence-electron chi connectivity index (χ0n) is 10.0. The minimum absolute atomic E-state index is 0.273. The van der Waals surface area contributed by atoms with Gasteiger partial charge in [0.2, 0.25) is 0 Å². The van der Waals surface area contributed by atoms with Crippen molar-refractivity contribution in [1.29, 1.82) is 0 Å². The van der Waals surface area contributed by atoms with Crippen LogP contribution in [-0.2, 0) is 6.18 Å². The normalized spacial score (nSPS) is 12.0. The summed E-state index contributed by atoms with van der Waals surface area (Å²) >= 11 is 3.33. The topological polar surface area (TPSA) is 17.3 Å². The summed E-state index contributed by atoms with van der Waals surface area (Å²) in [6, 6.07) is 11.2. The lowest BCUT2D eigenvalue weighted by molar-refractivity contribution is -0.142. The number of hydrogen-bond acceptors (Lipinski definition) is 1. The van der Waals surface area contributed by atoms with Crippen LogP contribution in [0, 0.1) is 0 Å². The summed E-state index contributed by atoms with van der Waals surface area (Å²) in [5.74, 6) is 0. The standard InChI is InChI=1S/C14H8BrF3N2/c15-10-4-1-3-9(7-10)11-8-20-12(14(16,17)18)5-2-6-13(20)19-11/h1-8H. The molecule has 2 aromatic heterocycles. The summed E-state index contributed by atoms with van der Waals surface area (Å²) in [5.41, 5.74) is 0.803. The second kappa shape index (κ2) is 4.63. The van der Waals surface area contributed by atoms with E-state index in [9.17, 15) is 13.2 Å². The number of alkyl halides is 3. The van der Waals surface area contributed by atoms with E-state index in [0.717, 1.165) is 20.5 Å². The van der Waals surface area contributed by atoms with Crippen molar-refractivity contribution in [3.8, 4) is 11.3 Å². The van der Waals surface area contributed by atoms with Gasteiger partial charge in [-0.2, -0.15) is 13.2 Å². The third kappa shape index (κ3) is 2.31. The van der Waals surface area contributed by atoms with Crippen LogP contribution in [0.3, 0.4) is 0 Å². The maximum absolute atomic E-state index is 12.9. The van der Waals surface area contributed by atoms with E-state index in [1.807, 2.05) is 18.2 Å². The van der Waals surface area contributed by atoms with Gasteiger partial charge in [0.05, 0.1) is 5.69 Å². The van der Waals surface area contributed by atoms with E-state index in [4.69, 9.17) is 0 Å². The van der Waals surface area contributed by atoms with Gasteiger partial charge in [0.1, 0.15) is 11.3 Å². The average Bonchev–Trinajstić information content (AvgIpc) is 2.81. The van der Waals surface area contributed by atoms with Crippen LogP contribution in [0.15, 0.2) is 53.1 Å². The molecule has 0 bridgehead atoms. The van der Waals surface area contributed by atoms with Gasteiger partial charge in [-0.25, -0.2) is 4.98 Å². The molecule has 3 rings (SSSR count). The molecule has 102 valence electrons. The molecule has 0 atom stereocenters. The fourth-order valence-electron chi connectivity index (χ4n) is 2.03. The third-order valence-corrected chi connectivity index (χ3v) is 3.40. The van der Waals surface area contributed by atoms with Crippen molar-refractivity contribution in [3.63, 3.8) is 0 Å². The molecule has 0 spiro atoms. The smallest absolute Gasteiger partial charge is 0.295 e. The van der Waals surface area contributed by atoms with Crippen LogP contribution < -0.4 is 0 Å². The summed E-state index contributed by atoms with van der Waals surface area (Å²) in [7, 11) is 0. The molecule has 1 aromatic carbocycles. The van der Waals surface area contributed by atoms with Gasteiger partial charge in [-0.3, -0.25) is 4.40 Å². The van der Waals surface area contributed by atoms with Gasteiger partial charge >= 0.3 is 6.18 Å². The van der Waals surface area contributed by atoms with Crippen molar-refractivity contribution in [2.45, 2.75) is 6.18 Å². The molecule has 0 aliphatic rings. The molecule has 20 heavy (non-hydrogen) atoms. The molecular formula is C14H8BrF3N2. The molecule has 2 nitrogen and oxygen atoms in total. The highest BCUT2D eigenvalue weighted by Gasteiger charge is 2.33. The Balaban J connectivity index is 2.21. The first-order valence-corrected chi connectivity index (χ1v) is 6.56. The molecule has 0 N–H and O–H groups in total. The Bertz CT molecular complexity index is 777. The largest absolute Gasteiger partial charge is 0.431 e. The zero-order valence-corrected chi connectivity index (χ0v) is 11.6. The predicted molar refractivity (Wildman–Crippen MR) is 73.3 cm³/mol. The number of fused-ring (bicyclic) bond motifs is 1. The fourth-order valence-corrected chi connectivity index (χ4v) is 2.43. The Kier molecular flexibility index (Phi) is 3.05. The molecule has 0 aliphatic carbocycles. The Morgan fingerprint density at radius 1 is 1.05 bits per heavy atom. The summed E-state index contributed by atoms with van der Waals surface area (Å²) in [6.07, 6.45) is -3.01. The zero-order chi connectivity index (χ0) is 14.3. The van der Waals surface area contributed by atoms with Crippen molar-refractivity contribution in [2.75, 3.05) is 0 Å². The predicted octanol–water partition coefficient (Wildman–Crippen LogP) is 4.78. The highest BCUT2D eigenvalue weighted by Crippen LogP contribution is 2.31. The van der Waals surface area contributed by atoms with Crippen LogP contribution in [0.2, 0.25) is 0 Å². The van der Waals surface area contributed by atoms with Gasteiger partial charge in [-0.05, 0) is 24.3 Å². The van der Waals surface area contributed by atoms with E-state index in [2.05, 4.69) is 20.9 Å². The van der Waals surface area contributed by atoms with Crippen molar-refractivity contribution < 1.29 is 13.2 Å². The number of benzene rings is 1. The van der Waals surface area contributed by atoms with Crippen LogP contribution in [-0.4, -0.2) is 9.38 Å². The minimum Gasteiger partial charge on any atom is -0.295 e. The molecule has 3 aromatic rings. The number of imidazole rings is 1. The Labute approximate surface area is 121 Å². The van der Waals surface area contributed by atoms with E-state index < -0.39 is 11.9 Å². The van der Waals surface area contributed by atoms with Crippen LogP contribution in [0.5, 0.6) is 0 Å². The van der Waals surface area contributed by atoms with E-state index in [-0.39, 0.29) is 5.65 Å². The second-order valence-corrected chi connectivity index (χ2v) is 5.19. The lowest BCUT2D eigenvalue weighted by Crippen LogP contribution is -2.10. The van der Waals surface area contributed by atoms with Gasteiger partial charge in [-0.15, -0.1) is 0 Å². The number of nitrogens with zero attached hydrogens (tertiary/aromatic N) is 2. The summed E-state index contributed by atoms with van der Waals surface area (Å²) in [6.45, 7) is 0. The lowest BCUT2D eigenvalue weighted by atomic mass is 10.2. The fraction of sp³-hybridized carbons (Fsp3) is 0.0714. The van der Waals surface area contributed by atoms with E-state index in [0.29, 0.717) is 5.69 Å². The van der Waals surface area contributed by atoms with Gasteiger partial charge in [0, 0.05) is 16.2 Å². The van der Waals surface area contributed by atoms with Crippen molar-refractivity contribution >= 4 is 21.6 Å². The second-order valence-electron chi connectivity index (χ2n) is 4.27. The summed E-state index contributed by atoms with van der Waals surface area (Å²) < 4.78 is 40.7. The molecule has 2 heterocycles. The molecule has 0 unspecified atom stereocenters. The summed E-state index contributed by atoms with van der Waals surface area (Å²) in [5, 5.41) is 0. The highest BCUT2D eigenvalue weighted by atomic mass is 79.9. The SMILES string of the molecule is FC(F)(F)c1cccc2nc(-c3cccc(Br)c3)cn12. The highest BCUT2D eigenvalue weighted by molar-refractivity contribution is 9.10. The Morgan fingerprint density at radius 2 is 1.80 bits per heavy atom. The molecule has 0 fully saturated rings. The summed E-state index contributed by atoms with van der Waals surface area (Å²) in [4.78, 5) is 4.24. The number of halogens is 4. The Hall–Kier alpha value is -1.82. The minimum atomic E-state index is -4.41. The first-order valence-electron chi connectivity index (χ1n) is 5.76. The number of aromatic nitrogens is 2. The van der Waals surface area contributed by atoms with Gasteiger partial charge < -0.3 is 0 Å². The first-order chi connectivity index (χ1) is 9.45. The quantitative estimate of drug-likeness (QED) is 0.623. The maximum atomic E-state index is 12.9. The van der Waals surface area contributed by atoms with Crippen molar-refractivity contribution in [1.82, 2.24) is 9.38 Å². The van der Waals surface area contributed by atoms with Gasteiger partial charge in [0.15, 0.2) is 0 Å². The van der Waals surface area contributed by atoms with Crippen molar-refractivity contribution in [2.24, 2.45) is 0 Å². The molecule has 0 saturated heterocycles. The number of rotatable bonds is 1. The number of hydrogen-bond donors (Lipinski definition) is 0. The Morgan fingerprint density at radius 3 is 2.50 bits per heavy atom. The molecule has 0 amide bonds. The molecule has 0 saturated carbocycles. The van der Waals surface area contributed by atoms with E-state index in [1.54, 1.807) is 12.1 Å². The maximum Gasteiger partial charge on any atom is 0.431 e. The van der Waals surface area contributed by atoms with Crippen LogP contribution in [0.25, 0.3) is 16.9 Å². The molecular weight excluding hydrogens is 333 g/mol. The van der Waals surface area contributed by atoms with Gasteiger partial charge in [-0.1, -0.05) is 34.1 Å². The van der Waals surface area contributed by atoms with Gasteiger partial charge in [0.25, 0.3) is 0 Å². The monoisotopic (exact) mass is 340 g/mol. The molecule has 0 aliphatic heterocycles. The van der Waals surface area contributed by atoms with E-state index in [1.165, 1.54) is 12.3 Å². The third-order valence-electron chi connectivity index (χ3n) is 2.90. The van der Waals surface area contributed by atoms with Crippen molar-refractivity contribution in [3.05, 3.63) is 58.8 Å². The number of pyridine rings is 1. The van der Waals surface area contributed by atoms with Crippen LogP contribution in [0.4, 0.5) is 13.2 Å². The average molecular weight is 341 g/mol. The molecule has 6 heteroatoms.